The molecule has 6 heteroatoms. The van der Waals surface area contributed by atoms with Gasteiger partial charge in [0, 0.05) is 24.0 Å². The molecule has 33 heavy (non-hydrogen) atoms. The Hall–Kier alpha value is -3.67. The van der Waals surface area contributed by atoms with Gasteiger partial charge >= 0.3 is 0 Å². The molecule has 1 amide bonds. The Morgan fingerprint density at radius 2 is 1.88 bits per heavy atom. The van der Waals surface area contributed by atoms with Crippen LogP contribution in [0.2, 0.25) is 0 Å². The van der Waals surface area contributed by atoms with E-state index in [1.165, 1.54) is 12.8 Å². The summed E-state index contributed by atoms with van der Waals surface area (Å²) in [4.78, 5) is 24.2. The molecule has 166 valence electrons. The van der Waals surface area contributed by atoms with Gasteiger partial charge in [-0.3, -0.25) is 4.79 Å². The third-order valence-electron chi connectivity index (χ3n) is 6.32. The number of benzene rings is 2. The largest absolute Gasteiger partial charge is 0.459 e. The van der Waals surface area contributed by atoms with E-state index < -0.39 is 0 Å². The number of anilines is 1. The first-order valence-electron chi connectivity index (χ1n) is 11.6. The van der Waals surface area contributed by atoms with E-state index in [0.29, 0.717) is 24.4 Å². The number of nitrogens with zero attached hydrogens (tertiary/aromatic N) is 3. The van der Waals surface area contributed by atoms with E-state index in [4.69, 9.17) is 4.42 Å². The van der Waals surface area contributed by atoms with Crippen LogP contribution in [-0.2, 0) is 6.54 Å². The van der Waals surface area contributed by atoms with Gasteiger partial charge in [0.2, 0.25) is 0 Å². The summed E-state index contributed by atoms with van der Waals surface area (Å²) in [6.45, 7) is 2.51. The van der Waals surface area contributed by atoms with Crippen molar-refractivity contribution in [1.82, 2.24) is 14.9 Å². The molecule has 6 nitrogen and oxygen atoms in total. The molecule has 0 bridgehead atoms. The van der Waals surface area contributed by atoms with Crippen LogP contribution < -0.4 is 5.32 Å². The molecule has 0 saturated heterocycles. The summed E-state index contributed by atoms with van der Waals surface area (Å²) in [7, 11) is 0. The second-order valence-corrected chi connectivity index (χ2v) is 9.11. The van der Waals surface area contributed by atoms with Crippen LogP contribution in [0.5, 0.6) is 0 Å². The highest BCUT2D eigenvalue weighted by atomic mass is 16.3. The van der Waals surface area contributed by atoms with Gasteiger partial charge in [-0.1, -0.05) is 24.3 Å². The number of carbonyl (C=O) groups is 1. The first-order valence-corrected chi connectivity index (χ1v) is 11.6. The zero-order valence-electron chi connectivity index (χ0n) is 18.6. The van der Waals surface area contributed by atoms with E-state index in [-0.39, 0.29) is 5.91 Å². The molecule has 2 heterocycles. The molecule has 0 unspecified atom stereocenters. The van der Waals surface area contributed by atoms with Crippen LogP contribution in [0.1, 0.15) is 47.6 Å². The summed E-state index contributed by atoms with van der Waals surface area (Å²) in [5.74, 6) is 2.06. The van der Waals surface area contributed by atoms with Crippen LogP contribution in [0.3, 0.4) is 0 Å². The molecule has 4 aromatic rings. The van der Waals surface area contributed by atoms with Crippen molar-refractivity contribution < 1.29 is 9.21 Å². The summed E-state index contributed by atoms with van der Waals surface area (Å²) in [5.41, 5.74) is 4.30. The first-order chi connectivity index (χ1) is 16.1. The maximum Gasteiger partial charge on any atom is 0.290 e. The number of amides is 1. The predicted octanol–water partition coefficient (Wildman–Crippen LogP) is 5.58. The molecule has 2 fully saturated rings. The average molecular weight is 439 g/mol. The molecule has 2 aromatic carbocycles. The van der Waals surface area contributed by atoms with Crippen molar-refractivity contribution in [2.24, 2.45) is 0 Å². The van der Waals surface area contributed by atoms with Crippen molar-refractivity contribution in [2.45, 2.75) is 51.2 Å². The molecule has 1 N–H and O–H groups in total. The van der Waals surface area contributed by atoms with E-state index in [2.05, 4.69) is 57.7 Å². The molecule has 6 rings (SSSR count). The Morgan fingerprint density at radius 1 is 1.03 bits per heavy atom. The van der Waals surface area contributed by atoms with Crippen LogP contribution in [0.4, 0.5) is 5.82 Å². The standard InChI is InChI=1S/C27H26N4O2/c1-17-28-24-12-7-20(15-23(24)26(29-17)30-21-8-9-21)19-5-2-4-18(14-19)16-31(22-10-11-22)27(32)25-6-3-13-33-25/h2-7,12-15,21-22H,8-11,16H2,1H3,(H,28,29,30). The summed E-state index contributed by atoms with van der Waals surface area (Å²) >= 11 is 0. The van der Waals surface area contributed by atoms with Gasteiger partial charge in [0.15, 0.2) is 5.76 Å². The molecule has 2 aliphatic carbocycles. The zero-order chi connectivity index (χ0) is 22.4. The fourth-order valence-corrected chi connectivity index (χ4v) is 4.30. The number of aryl methyl sites for hydroxylation is 1. The minimum Gasteiger partial charge on any atom is -0.459 e. The zero-order valence-corrected chi connectivity index (χ0v) is 18.6. The lowest BCUT2D eigenvalue weighted by molar-refractivity contribution is 0.0697. The quantitative estimate of drug-likeness (QED) is 0.408. The minimum absolute atomic E-state index is 0.0399. The Labute approximate surface area is 192 Å². The molecular weight excluding hydrogens is 412 g/mol. The van der Waals surface area contributed by atoms with Gasteiger partial charge in [-0.25, -0.2) is 9.97 Å². The summed E-state index contributed by atoms with van der Waals surface area (Å²) in [5, 5.41) is 4.60. The molecule has 2 aromatic heterocycles. The van der Waals surface area contributed by atoms with Crippen LogP contribution in [0, 0.1) is 6.92 Å². The number of hydrogen-bond acceptors (Lipinski definition) is 5. The Bertz CT molecular complexity index is 1320. The van der Waals surface area contributed by atoms with Crippen LogP contribution in [-0.4, -0.2) is 32.9 Å². The minimum atomic E-state index is -0.0399. The van der Waals surface area contributed by atoms with Crippen molar-refractivity contribution in [3.05, 3.63) is 78.0 Å². The number of fused-ring (bicyclic) bond motifs is 1. The van der Waals surface area contributed by atoms with Gasteiger partial charge in [-0.2, -0.15) is 0 Å². The molecule has 2 aliphatic rings. The van der Waals surface area contributed by atoms with Crippen LogP contribution in [0.15, 0.2) is 65.3 Å². The number of aromatic nitrogens is 2. The topological polar surface area (TPSA) is 71.3 Å². The van der Waals surface area contributed by atoms with Gasteiger partial charge < -0.3 is 14.6 Å². The van der Waals surface area contributed by atoms with E-state index in [1.807, 2.05) is 11.8 Å². The highest BCUT2D eigenvalue weighted by Crippen LogP contribution is 2.33. The molecule has 2 saturated carbocycles. The second-order valence-electron chi connectivity index (χ2n) is 9.11. The van der Waals surface area contributed by atoms with Crippen molar-refractivity contribution in [1.29, 1.82) is 0 Å². The van der Waals surface area contributed by atoms with Crippen LogP contribution >= 0.6 is 0 Å². The fraction of sp³-hybridized carbons (Fsp3) is 0.296. The van der Waals surface area contributed by atoms with Crippen molar-refractivity contribution >= 4 is 22.6 Å². The molecule has 0 atom stereocenters. The van der Waals surface area contributed by atoms with Gasteiger partial charge in [0.05, 0.1) is 11.8 Å². The second kappa shape index (κ2) is 8.03. The summed E-state index contributed by atoms with van der Waals surface area (Å²) in [6.07, 6.45) is 6.04. The third kappa shape index (κ3) is 4.21. The summed E-state index contributed by atoms with van der Waals surface area (Å²) in [6, 6.07) is 19.1. The highest BCUT2D eigenvalue weighted by Gasteiger charge is 2.34. The van der Waals surface area contributed by atoms with E-state index in [0.717, 1.165) is 52.1 Å². The highest BCUT2D eigenvalue weighted by molar-refractivity contribution is 5.93. The van der Waals surface area contributed by atoms with Gasteiger partial charge in [0.25, 0.3) is 5.91 Å². The molecule has 0 spiro atoms. The number of rotatable bonds is 7. The summed E-state index contributed by atoms with van der Waals surface area (Å²) < 4.78 is 5.37. The Morgan fingerprint density at radius 3 is 2.64 bits per heavy atom. The lowest BCUT2D eigenvalue weighted by Crippen LogP contribution is -2.32. The number of hydrogen-bond donors (Lipinski definition) is 1. The van der Waals surface area contributed by atoms with Crippen LogP contribution in [0.25, 0.3) is 22.0 Å². The van der Waals surface area contributed by atoms with E-state index in [1.54, 1.807) is 18.4 Å². The Balaban J connectivity index is 1.31. The fourth-order valence-electron chi connectivity index (χ4n) is 4.30. The maximum absolute atomic E-state index is 13.0. The van der Waals surface area contributed by atoms with E-state index in [9.17, 15) is 4.79 Å². The third-order valence-corrected chi connectivity index (χ3v) is 6.32. The van der Waals surface area contributed by atoms with Gasteiger partial charge in [-0.15, -0.1) is 0 Å². The monoisotopic (exact) mass is 438 g/mol. The van der Waals surface area contributed by atoms with Crippen molar-refractivity contribution in [3.63, 3.8) is 0 Å². The Kier molecular flexibility index (Phi) is 4.86. The number of nitrogens with one attached hydrogen (secondary N) is 1. The number of carbonyl (C=O) groups excluding carboxylic acids is 1. The molecule has 0 radical (unpaired) electrons. The first kappa shape index (κ1) is 20.0. The molecule has 0 aliphatic heterocycles. The van der Waals surface area contributed by atoms with Gasteiger partial charge in [0.1, 0.15) is 11.6 Å². The van der Waals surface area contributed by atoms with Crippen molar-refractivity contribution in [3.8, 4) is 11.1 Å². The van der Waals surface area contributed by atoms with Gasteiger partial charge in [-0.05, 0) is 79.6 Å². The van der Waals surface area contributed by atoms with Crippen molar-refractivity contribution in [2.75, 3.05) is 5.32 Å². The SMILES string of the molecule is Cc1nc(NC2CC2)c2cc(-c3cccc(CN(C(=O)c4ccco4)C4CC4)c3)ccc2n1. The lowest BCUT2D eigenvalue weighted by Gasteiger charge is -2.22. The molecular formula is C27H26N4O2. The predicted molar refractivity (Wildman–Crippen MR) is 128 cm³/mol. The smallest absolute Gasteiger partial charge is 0.290 e. The number of furan rings is 1. The normalized spacial score (nSPS) is 15.5. The lowest BCUT2D eigenvalue weighted by atomic mass is 10.0. The maximum atomic E-state index is 13.0. The van der Waals surface area contributed by atoms with E-state index >= 15 is 0 Å². The average Bonchev–Trinajstić information content (AvgIpc) is 3.76.